The van der Waals surface area contributed by atoms with Crippen LogP contribution in [-0.2, 0) is 4.74 Å². The Hall–Kier alpha value is -2.05. The third-order valence-electron chi connectivity index (χ3n) is 3.30. The molecule has 0 bridgehead atoms. The summed E-state index contributed by atoms with van der Waals surface area (Å²) in [5.41, 5.74) is 1.61. The smallest absolute Gasteiger partial charge is 0.271 e. The van der Waals surface area contributed by atoms with Crippen molar-refractivity contribution in [2.24, 2.45) is 0 Å². The molecule has 2 aromatic rings. The molecule has 0 saturated carbocycles. The van der Waals surface area contributed by atoms with Crippen LogP contribution < -0.4 is 15.8 Å². The van der Waals surface area contributed by atoms with Gasteiger partial charge in [-0.2, -0.15) is 0 Å². The van der Waals surface area contributed by atoms with Gasteiger partial charge in [0, 0.05) is 24.5 Å². The highest BCUT2D eigenvalue weighted by atomic mass is 35.5. The molecule has 1 fully saturated rings. The van der Waals surface area contributed by atoms with E-state index >= 15 is 0 Å². The molecule has 3 rings (SSSR count). The number of aromatic nitrogens is 2. The van der Waals surface area contributed by atoms with E-state index in [-0.39, 0.29) is 10.6 Å². The van der Waals surface area contributed by atoms with Gasteiger partial charge in [-0.1, -0.05) is 11.6 Å². The largest absolute Gasteiger partial charge is 0.378 e. The number of halogens is 1. The van der Waals surface area contributed by atoms with Crippen LogP contribution in [-0.4, -0.2) is 36.3 Å². The van der Waals surface area contributed by atoms with Gasteiger partial charge in [0.05, 0.1) is 19.5 Å². The monoisotopic (exact) mass is 306 g/mol. The molecule has 2 N–H and O–H groups in total. The van der Waals surface area contributed by atoms with Crippen molar-refractivity contribution >= 4 is 28.8 Å². The summed E-state index contributed by atoms with van der Waals surface area (Å²) in [4.78, 5) is 20.1. The number of morpholine rings is 1. The molecular formula is C14H15ClN4O2. The standard InChI is InChI=1S/C14H15ClN4O2/c15-12-13(16-9-17-14(12)20)18-10-1-3-11(4-2-10)19-5-7-21-8-6-19/h1-4,9H,5-8H2,(H2,16,17,18,20). The minimum absolute atomic E-state index is 0.0507. The molecule has 0 spiro atoms. The Morgan fingerprint density at radius 1 is 1.24 bits per heavy atom. The van der Waals surface area contributed by atoms with E-state index in [0.717, 1.165) is 37.7 Å². The van der Waals surface area contributed by atoms with Gasteiger partial charge in [-0.3, -0.25) is 4.79 Å². The minimum atomic E-state index is -0.362. The molecule has 1 saturated heterocycles. The van der Waals surface area contributed by atoms with Gasteiger partial charge in [-0.05, 0) is 24.3 Å². The molecule has 0 amide bonds. The second-order valence-corrected chi connectivity index (χ2v) is 5.04. The first-order valence-corrected chi connectivity index (χ1v) is 7.05. The van der Waals surface area contributed by atoms with Gasteiger partial charge >= 0.3 is 0 Å². The number of rotatable bonds is 3. The zero-order valence-corrected chi connectivity index (χ0v) is 12.1. The normalized spacial score (nSPS) is 15.0. The third kappa shape index (κ3) is 3.17. The van der Waals surface area contributed by atoms with Crippen molar-refractivity contribution < 1.29 is 4.74 Å². The maximum absolute atomic E-state index is 11.4. The van der Waals surface area contributed by atoms with E-state index in [2.05, 4.69) is 20.2 Å². The number of H-pyrrole nitrogens is 1. The van der Waals surface area contributed by atoms with Gasteiger partial charge in [0.15, 0.2) is 5.82 Å². The van der Waals surface area contributed by atoms with E-state index < -0.39 is 0 Å². The summed E-state index contributed by atoms with van der Waals surface area (Å²) in [7, 11) is 0. The summed E-state index contributed by atoms with van der Waals surface area (Å²) in [5, 5.41) is 3.09. The van der Waals surface area contributed by atoms with Crippen molar-refractivity contribution in [1.82, 2.24) is 9.97 Å². The third-order valence-corrected chi connectivity index (χ3v) is 3.65. The quantitative estimate of drug-likeness (QED) is 0.907. The molecule has 1 aliphatic rings. The number of hydrogen-bond donors (Lipinski definition) is 2. The Morgan fingerprint density at radius 2 is 1.95 bits per heavy atom. The zero-order valence-electron chi connectivity index (χ0n) is 11.3. The number of hydrogen-bond acceptors (Lipinski definition) is 5. The van der Waals surface area contributed by atoms with Crippen LogP contribution >= 0.6 is 11.6 Å². The van der Waals surface area contributed by atoms with Crippen LogP contribution in [0.3, 0.4) is 0 Å². The zero-order chi connectivity index (χ0) is 14.7. The molecule has 1 aliphatic heterocycles. The lowest BCUT2D eigenvalue weighted by Gasteiger charge is -2.28. The van der Waals surface area contributed by atoms with Crippen molar-refractivity contribution in [1.29, 1.82) is 0 Å². The first-order chi connectivity index (χ1) is 10.2. The fourth-order valence-corrected chi connectivity index (χ4v) is 2.33. The summed E-state index contributed by atoms with van der Waals surface area (Å²) in [6, 6.07) is 7.91. The Morgan fingerprint density at radius 3 is 2.67 bits per heavy atom. The van der Waals surface area contributed by atoms with E-state index in [1.807, 2.05) is 24.3 Å². The number of benzene rings is 1. The summed E-state index contributed by atoms with van der Waals surface area (Å²) in [6.45, 7) is 3.31. The van der Waals surface area contributed by atoms with Crippen molar-refractivity contribution in [3.63, 3.8) is 0 Å². The van der Waals surface area contributed by atoms with Crippen molar-refractivity contribution in [2.75, 3.05) is 36.5 Å². The van der Waals surface area contributed by atoms with E-state index in [1.165, 1.54) is 6.33 Å². The number of anilines is 3. The highest BCUT2D eigenvalue weighted by molar-refractivity contribution is 6.32. The van der Waals surface area contributed by atoms with Gasteiger partial charge in [-0.15, -0.1) is 0 Å². The lowest BCUT2D eigenvalue weighted by molar-refractivity contribution is 0.122. The topological polar surface area (TPSA) is 70.2 Å². The molecule has 1 aromatic heterocycles. The molecule has 2 heterocycles. The fourth-order valence-electron chi connectivity index (χ4n) is 2.18. The highest BCUT2D eigenvalue weighted by Crippen LogP contribution is 2.23. The summed E-state index contributed by atoms with van der Waals surface area (Å²) >= 11 is 5.91. The first-order valence-electron chi connectivity index (χ1n) is 6.67. The Labute approximate surface area is 126 Å². The number of ether oxygens (including phenoxy) is 1. The average molecular weight is 307 g/mol. The molecule has 7 heteroatoms. The van der Waals surface area contributed by atoms with Crippen LogP contribution in [0, 0.1) is 0 Å². The van der Waals surface area contributed by atoms with E-state index in [1.54, 1.807) is 0 Å². The lowest BCUT2D eigenvalue weighted by Crippen LogP contribution is -2.36. The number of nitrogens with one attached hydrogen (secondary N) is 2. The number of nitrogens with zero attached hydrogens (tertiary/aromatic N) is 2. The van der Waals surface area contributed by atoms with Gasteiger partial charge in [0.25, 0.3) is 5.56 Å². The van der Waals surface area contributed by atoms with Crippen LogP contribution in [0.5, 0.6) is 0 Å². The average Bonchev–Trinajstić information content (AvgIpc) is 2.53. The summed E-state index contributed by atoms with van der Waals surface area (Å²) in [5.74, 6) is 0.347. The second-order valence-electron chi connectivity index (χ2n) is 4.67. The van der Waals surface area contributed by atoms with Crippen LogP contribution in [0.25, 0.3) is 0 Å². The van der Waals surface area contributed by atoms with Crippen LogP contribution in [0.4, 0.5) is 17.2 Å². The first kappa shape index (κ1) is 13.9. The molecular weight excluding hydrogens is 292 g/mol. The molecule has 6 nitrogen and oxygen atoms in total. The lowest BCUT2D eigenvalue weighted by atomic mass is 10.2. The maximum Gasteiger partial charge on any atom is 0.271 e. The Kier molecular flexibility index (Phi) is 4.08. The predicted octanol–water partition coefficient (Wildman–Crippen LogP) is 2.00. The maximum atomic E-state index is 11.4. The molecule has 1 aromatic carbocycles. The molecule has 0 radical (unpaired) electrons. The molecule has 110 valence electrons. The summed E-state index contributed by atoms with van der Waals surface area (Å²) < 4.78 is 5.34. The Balaban J connectivity index is 1.75. The van der Waals surface area contributed by atoms with Crippen molar-refractivity contribution in [3.8, 4) is 0 Å². The van der Waals surface area contributed by atoms with Crippen LogP contribution in [0.2, 0.25) is 5.02 Å². The predicted molar refractivity (Wildman–Crippen MR) is 82.6 cm³/mol. The molecule has 0 atom stereocenters. The van der Waals surface area contributed by atoms with E-state index in [9.17, 15) is 4.79 Å². The van der Waals surface area contributed by atoms with Crippen LogP contribution in [0.1, 0.15) is 0 Å². The Bertz CT molecular complexity index is 665. The van der Waals surface area contributed by atoms with Crippen LogP contribution in [0.15, 0.2) is 35.4 Å². The summed E-state index contributed by atoms with van der Waals surface area (Å²) in [6.07, 6.45) is 1.32. The second kappa shape index (κ2) is 6.15. The highest BCUT2D eigenvalue weighted by Gasteiger charge is 2.11. The van der Waals surface area contributed by atoms with Crippen molar-refractivity contribution in [2.45, 2.75) is 0 Å². The van der Waals surface area contributed by atoms with Gasteiger partial charge in [0.2, 0.25) is 0 Å². The molecule has 21 heavy (non-hydrogen) atoms. The SMILES string of the molecule is O=c1[nH]cnc(Nc2ccc(N3CCOCC3)cc2)c1Cl. The van der Waals surface area contributed by atoms with Gasteiger partial charge in [0.1, 0.15) is 5.02 Å². The molecule has 0 aliphatic carbocycles. The molecule has 0 unspecified atom stereocenters. The van der Waals surface area contributed by atoms with Crippen molar-refractivity contribution in [3.05, 3.63) is 46.0 Å². The number of aromatic amines is 1. The fraction of sp³-hybridized carbons (Fsp3) is 0.286. The van der Waals surface area contributed by atoms with E-state index in [4.69, 9.17) is 16.3 Å². The minimum Gasteiger partial charge on any atom is -0.378 e. The van der Waals surface area contributed by atoms with Gasteiger partial charge in [-0.25, -0.2) is 4.98 Å². The van der Waals surface area contributed by atoms with Gasteiger partial charge < -0.3 is 19.9 Å². The van der Waals surface area contributed by atoms with E-state index in [0.29, 0.717) is 5.82 Å².